The molecule has 4 nitrogen and oxygen atoms in total. The van der Waals surface area contributed by atoms with Crippen LogP contribution in [0.2, 0.25) is 5.15 Å². The fourth-order valence-electron chi connectivity index (χ4n) is 1.43. The number of carbonyl (C=O) groups is 1. The molecular weight excluding hydrogens is 250 g/mol. The van der Waals surface area contributed by atoms with Gasteiger partial charge in [0.1, 0.15) is 7.05 Å². The predicted molar refractivity (Wildman–Crippen MR) is 71.7 cm³/mol. The Morgan fingerprint density at radius 3 is 2.44 bits per heavy atom. The van der Waals surface area contributed by atoms with Crippen molar-refractivity contribution in [2.24, 2.45) is 7.05 Å². The van der Waals surface area contributed by atoms with Gasteiger partial charge in [-0.25, -0.2) is 4.79 Å². The van der Waals surface area contributed by atoms with Crippen molar-refractivity contribution in [2.45, 2.75) is 0 Å². The molecule has 1 aromatic carbocycles. The van der Waals surface area contributed by atoms with Gasteiger partial charge in [-0.05, 0) is 23.7 Å². The number of nitrogens with one attached hydrogen (secondary N) is 2. The summed E-state index contributed by atoms with van der Waals surface area (Å²) in [4.78, 5) is 11.7. The van der Waals surface area contributed by atoms with Crippen molar-refractivity contribution in [1.29, 1.82) is 0 Å². The third-order valence-electron chi connectivity index (χ3n) is 2.38. The van der Waals surface area contributed by atoms with Crippen LogP contribution in [0.15, 0.2) is 48.7 Å². The van der Waals surface area contributed by atoms with Gasteiger partial charge in [-0.3, -0.25) is 0 Å². The van der Waals surface area contributed by atoms with Crippen LogP contribution < -0.4 is 15.2 Å². The van der Waals surface area contributed by atoms with Crippen molar-refractivity contribution in [3.63, 3.8) is 0 Å². The van der Waals surface area contributed by atoms with E-state index in [0.29, 0.717) is 10.8 Å². The molecule has 0 aliphatic heterocycles. The number of aryl methyl sites for hydroxylation is 1. The smallest absolute Gasteiger partial charge is 0.308 e. The molecule has 0 bridgehead atoms. The molecule has 5 heteroatoms. The molecule has 0 radical (unpaired) electrons. The van der Waals surface area contributed by atoms with Crippen molar-refractivity contribution in [3.05, 3.63) is 53.8 Å². The molecule has 0 unspecified atom stereocenters. The number of para-hydroxylation sites is 1. The van der Waals surface area contributed by atoms with Crippen LogP contribution in [0, 0.1) is 0 Å². The number of aromatic nitrogens is 1. The van der Waals surface area contributed by atoms with Crippen molar-refractivity contribution in [1.82, 2.24) is 0 Å². The standard InChI is InChI=1S/C13H12ClN3O/c1-17-8-7-11(9-12(17)14)16-13(18)15-10-5-3-2-4-6-10/h2-9H,1H3,(H,15,18)/p+1. The maximum Gasteiger partial charge on any atom is 0.323 e. The summed E-state index contributed by atoms with van der Waals surface area (Å²) in [5.41, 5.74) is 1.38. The molecule has 0 saturated heterocycles. The second-order valence-corrected chi connectivity index (χ2v) is 4.18. The summed E-state index contributed by atoms with van der Waals surface area (Å²) in [5, 5.41) is 5.98. The molecule has 2 N–H and O–H groups in total. The molecule has 1 heterocycles. The summed E-state index contributed by atoms with van der Waals surface area (Å²) in [6.07, 6.45) is 1.78. The maximum absolute atomic E-state index is 11.7. The molecule has 2 rings (SSSR count). The van der Waals surface area contributed by atoms with E-state index >= 15 is 0 Å². The average Bonchev–Trinajstić information content (AvgIpc) is 2.35. The number of rotatable bonds is 2. The topological polar surface area (TPSA) is 45.0 Å². The lowest BCUT2D eigenvalue weighted by Gasteiger charge is -2.06. The monoisotopic (exact) mass is 262 g/mol. The molecule has 0 aliphatic carbocycles. The second kappa shape index (κ2) is 5.51. The van der Waals surface area contributed by atoms with Crippen LogP contribution in [-0.2, 0) is 7.05 Å². The van der Waals surface area contributed by atoms with Gasteiger partial charge in [0.2, 0.25) is 0 Å². The normalized spacial score (nSPS) is 9.89. The van der Waals surface area contributed by atoms with E-state index in [1.54, 1.807) is 22.9 Å². The lowest BCUT2D eigenvalue weighted by molar-refractivity contribution is -0.669. The number of anilines is 2. The van der Waals surface area contributed by atoms with Crippen molar-refractivity contribution in [2.75, 3.05) is 10.6 Å². The molecular formula is C13H13ClN3O+. The van der Waals surface area contributed by atoms with Crippen molar-refractivity contribution >= 4 is 29.0 Å². The van der Waals surface area contributed by atoms with E-state index in [4.69, 9.17) is 11.6 Å². The number of pyridine rings is 1. The number of hydrogen-bond acceptors (Lipinski definition) is 1. The molecule has 18 heavy (non-hydrogen) atoms. The van der Waals surface area contributed by atoms with Gasteiger partial charge in [-0.15, -0.1) is 0 Å². The number of benzene rings is 1. The van der Waals surface area contributed by atoms with Crippen LogP contribution in [0.4, 0.5) is 16.2 Å². The van der Waals surface area contributed by atoms with Crippen LogP contribution in [0.3, 0.4) is 0 Å². The zero-order valence-electron chi connectivity index (χ0n) is 9.85. The van der Waals surface area contributed by atoms with Crippen LogP contribution in [0.1, 0.15) is 0 Å². The zero-order chi connectivity index (χ0) is 13.0. The Hall–Kier alpha value is -2.07. The third kappa shape index (κ3) is 3.21. The van der Waals surface area contributed by atoms with Gasteiger partial charge in [0.15, 0.2) is 6.20 Å². The summed E-state index contributed by atoms with van der Waals surface area (Å²) in [5.74, 6) is 0. The van der Waals surface area contributed by atoms with Gasteiger partial charge in [0.05, 0.1) is 5.69 Å². The number of nitrogens with zero attached hydrogens (tertiary/aromatic N) is 1. The summed E-state index contributed by atoms with van der Waals surface area (Å²) in [6.45, 7) is 0. The van der Waals surface area contributed by atoms with Gasteiger partial charge in [-0.1, -0.05) is 18.2 Å². The quantitative estimate of drug-likeness (QED) is 0.634. The SMILES string of the molecule is C[n+]1ccc(NC(=O)Nc2ccccc2)cc1Cl. The first-order chi connectivity index (χ1) is 8.65. The van der Waals surface area contributed by atoms with Gasteiger partial charge in [0, 0.05) is 17.8 Å². The number of carbonyl (C=O) groups excluding carboxylic acids is 1. The lowest BCUT2D eigenvalue weighted by atomic mass is 10.3. The first kappa shape index (κ1) is 12.4. The van der Waals surface area contributed by atoms with E-state index in [-0.39, 0.29) is 6.03 Å². The fraction of sp³-hybridized carbons (Fsp3) is 0.0769. The van der Waals surface area contributed by atoms with Gasteiger partial charge >= 0.3 is 6.03 Å². The van der Waals surface area contributed by atoms with Crippen molar-refractivity contribution < 1.29 is 9.36 Å². The summed E-state index contributed by atoms with van der Waals surface area (Å²) in [7, 11) is 1.83. The highest BCUT2D eigenvalue weighted by Gasteiger charge is 2.07. The highest BCUT2D eigenvalue weighted by molar-refractivity contribution is 6.28. The van der Waals surface area contributed by atoms with Gasteiger partial charge < -0.3 is 10.6 Å². The van der Waals surface area contributed by atoms with Crippen LogP contribution in [-0.4, -0.2) is 6.03 Å². The predicted octanol–water partition coefficient (Wildman–Crippen LogP) is 2.81. The average molecular weight is 263 g/mol. The Kier molecular flexibility index (Phi) is 3.79. The molecule has 92 valence electrons. The van der Waals surface area contributed by atoms with E-state index in [9.17, 15) is 4.79 Å². The number of urea groups is 1. The Morgan fingerprint density at radius 1 is 1.11 bits per heavy atom. The summed E-state index contributed by atoms with van der Waals surface area (Å²) >= 11 is 5.95. The zero-order valence-corrected chi connectivity index (χ0v) is 10.6. The maximum atomic E-state index is 11.7. The molecule has 1 aromatic heterocycles. The van der Waals surface area contributed by atoms with Crippen molar-refractivity contribution in [3.8, 4) is 0 Å². The molecule has 0 aliphatic rings. The molecule has 0 saturated carbocycles. The highest BCUT2D eigenvalue weighted by Crippen LogP contribution is 2.11. The van der Waals surface area contributed by atoms with E-state index in [0.717, 1.165) is 5.69 Å². The molecule has 2 amide bonds. The Balaban J connectivity index is 2.01. The number of amides is 2. The number of halogens is 1. The van der Waals surface area contributed by atoms with E-state index in [1.807, 2.05) is 37.4 Å². The minimum atomic E-state index is -0.300. The first-order valence-corrected chi connectivity index (χ1v) is 5.81. The van der Waals surface area contributed by atoms with E-state index in [1.165, 1.54) is 0 Å². The largest absolute Gasteiger partial charge is 0.323 e. The van der Waals surface area contributed by atoms with Gasteiger partial charge in [-0.2, -0.15) is 4.57 Å². The summed E-state index contributed by atoms with van der Waals surface area (Å²) in [6, 6.07) is 12.4. The first-order valence-electron chi connectivity index (χ1n) is 5.43. The minimum absolute atomic E-state index is 0.300. The number of hydrogen-bond donors (Lipinski definition) is 2. The lowest BCUT2D eigenvalue weighted by Crippen LogP contribution is -2.29. The van der Waals surface area contributed by atoms with Crippen LogP contribution in [0.5, 0.6) is 0 Å². The minimum Gasteiger partial charge on any atom is -0.308 e. The molecule has 0 spiro atoms. The fourth-order valence-corrected chi connectivity index (χ4v) is 1.61. The van der Waals surface area contributed by atoms with Crippen LogP contribution >= 0.6 is 11.6 Å². The van der Waals surface area contributed by atoms with E-state index in [2.05, 4.69) is 10.6 Å². The highest BCUT2D eigenvalue weighted by atomic mass is 35.5. The van der Waals surface area contributed by atoms with E-state index < -0.39 is 0 Å². The molecule has 0 atom stereocenters. The Bertz CT molecular complexity index is 557. The van der Waals surface area contributed by atoms with Crippen LogP contribution in [0.25, 0.3) is 0 Å². The Morgan fingerprint density at radius 2 is 1.78 bits per heavy atom. The molecule has 2 aromatic rings. The Labute approximate surface area is 110 Å². The molecule has 0 fully saturated rings. The summed E-state index contributed by atoms with van der Waals surface area (Å²) < 4.78 is 1.75. The second-order valence-electron chi connectivity index (χ2n) is 3.79. The third-order valence-corrected chi connectivity index (χ3v) is 2.75. The van der Waals surface area contributed by atoms with Gasteiger partial charge in [0.25, 0.3) is 5.15 Å².